The van der Waals surface area contributed by atoms with Gasteiger partial charge in [-0.25, -0.2) is 4.39 Å². The maximum absolute atomic E-state index is 14.1. The first-order valence-corrected chi connectivity index (χ1v) is 12.1. The molecule has 3 aliphatic heterocycles. The number of anilines is 3. The van der Waals surface area contributed by atoms with Gasteiger partial charge in [0.15, 0.2) is 0 Å². The second-order valence-electron chi connectivity index (χ2n) is 8.57. The van der Waals surface area contributed by atoms with Crippen LogP contribution in [-0.2, 0) is 9.59 Å². The molecule has 0 aliphatic carbocycles. The number of piperazine rings is 1. The zero-order chi connectivity index (χ0) is 22.1. The number of carbonyl (C=O) groups excluding carboxylic acids is 2. The molecule has 8 nitrogen and oxygen atoms in total. The molecule has 170 valence electrons. The molecule has 32 heavy (non-hydrogen) atoms. The molecule has 0 bridgehead atoms. The predicted octanol–water partition coefficient (Wildman–Crippen LogP) is 2.37. The zero-order valence-corrected chi connectivity index (χ0v) is 18.8. The lowest BCUT2D eigenvalue weighted by Gasteiger charge is -2.39. The minimum Gasteiger partial charge on any atom is -0.366 e. The van der Waals surface area contributed by atoms with Gasteiger partial charge in [0, 0.05) is 52.2 Å². The number of halogens is 1. The van der Waals surface area contributed by atoms with Crippen molar-refractivity contribution in [2.45, 2.75) is 25.7 Å². The normalized spacial score (nSPS) is 22.0. The van der Waals surface area contributed by atoms with Crippen molar-refractivity contribution in [2.24, 2.45) is 5.92 Å². The number of hydrogen-bond acceptors (Lipinski definition) is 7. The molecule has 4 heterocycles. The van der Waals surface area contributed by atoms with Crippen LogP contribution in [0, 0.1) is 11.7 Å². The van der Waals surface area contributed by atoms with Gasteiger partial charge in [0.25, 0.3) is 0 Å². The summed E-state index contributed by atoms with van der Waals surface area (Å²) < 4.78 is 14.1. The van der Waals surface area contributed by atoms with Gasteiger partial charge in [0.1, 0.15) is 5.82 Å². The SMILES string of the molecule is O=C([C@H]1CCCN(c2nnc(N3CCCC3=O)s2)C1)N1CCN(c2ccccc2F)CC1. The molecule has 10 heteroatoms. The molecule has 1 aromatic carbocycles. The van der Waals surface area contributed by atoms with Crippen LogP contribution in [0.3, 0.4) is 0 Å². The number of piperidine rings is 1. The van der Waals surface area contributed by atoms with Gasteiger partial charge in [0.05, 0.1) is 11.6 Å². The molecule has 0 saturated carbocycles. The average Bonchev–Trinajstić information content (AvgIpc) is 3.48. The first kappa shape index (κ1) is 21.1. The molecule has 0 unspecified atom stereocenters. The van der Waals surface area contributed by atoms with E-state index in [-0.39, 0.29) is 23.5 Å². The lowest BCUT2D eigenvalue weighted by Crippen LogP contribution is -2.52. The molecule has 2 amide bonds. The summed E-state index contributed by atoms with van der Waals surface area (Å²) in [7, 11) is 0. The molecule has 0 spiro atoms. The van der Waals surface area contributed by atoms with Crippen molar-refractivity contribution in [1.82, 2.24) is 15.1 Å². The van der Waals surface area contributed by atoms with E-state index in [1.165, 1.54) is 17.4 Å². The third-order valence-electron chi connectivity index (χ3n) is 6.53. The van der Waals surface area contributed by atoms with Crippen molar-refractivity contribution in [2.75, 3.05) is 60.5 Å². The van der Waals surface area contributed by atoms with Crippen molar-refractivity contribution in [3.8, 4) is 0 Å². The third kappa shape index (κ3) is 4.15. The van der Waals surface area contributed by atoms with Crippen LogP contribution in [0.15, 0.2) is 24.3 Å². The van der Waals surface area contributed by atoms with E-state index in [1.54, 1.807) is 17.0 Å². The van der Waals surface area contributed by atoms with E-state index in [9.17, 15) is 14.0 Å². The highest BCUT2D eigenvalue weighted by Crippen LogP contribution is 2.32. The minimum atomic E-state index is -0.220. The van der Waals surface area contributed by atoms with E-state index in [4.69, 9.17) is 0 Å². The van der Waals surface area contributed by atoms with E-state index < -0.39 is 0 Å². The van der Waals surface area contributed by atoms with Gasteiger partial charge in [-0.1, -0.05) is 23.5 Å². The van der Waals surface area contributed by atoms with Crippen LogP contribution in [0.5, 0.6) is 0 Å². The molecule has 3 fully saturated rings. The maximum Gasteiger partial charge on any atom is 0.228 e. The lowest BCUT2D eigenvalue weighted by molar-refractivity contribution is -0.136. The molecule has 3 saturated heterocycles. The highest BCUT2D eigenvalue weighted by Gasteiger charge is 2.33. The Morgan fingerprint density at radius 3 is 2.50 bits per heavy atom. The Bertz CT molecular complexity index is 992. The third-order valence-corrected chi connectivity index (χ3v) is 7.54. The Morgan fingerprint density at radius 1 is 0.969 bits per heavy atom. The molecule has 5 rings (SSSR count). The van der Waals surface area contributed by atoms with Gasteiger partial charge < -0.3 is 14.7 Å². The summed E-state index contributed by atoms with van der Waals surface area (Å²) in [6, 6.07) is 6.79. The Labute approximate surface area is 190 Å². The van der Waals surface area contributed by atoms with Gasteiger partial charge in [-0.3, -0.25) is 14.5 Å². The molecular formula is C22H27FN6O2S. The number of aromatic nitrogens is 2. The van der Waals surface area contributed by atoms with Gasteiger partial charge in [-0.05, 0) is 31.4 Å². The summed E-state index contributed by atoms with van der Waals surface area (Å²) in [5.41, 5.74) is 0.604. The average molecular weight is 459 g/mol. The maximum atomic E-state index is 14.1. The summed E-state index contributed by atoms with van der Waals surface area (Å²) >= 11 is 1.43. The quantitative estimate of drug-likeness (QED) is 0.701. The summed E-state index contributed by atoms with van der Waals surface area (Å²) in [4.78, 5) is 33.0. The van der Waals surface area contributed by atoms with Crippen LogP contribution >= 0.6 is 11.3 Å². The Balaban J connectivity index is 1.19. The summed E-state index contributed by atoms with van der Waals surface area (Å²) in [6.07, 6.45) is 3.21. The summed E-state index contributed by atoms with van der Waals surface area (Å²) in [5.74, 6) is -0.0250. The number of para-hydroxylation sites is 1. The zero-order valence-electron chi connectivity index (χ0n) is 18.0. The smallest absolute Gasteiger partial charge is 0.228 e. The van der Waals surface area contributed by atoms with Crippen LogP contribution in [0.4, 0.5) is 20.3 Å². The summed E-state index contributed by atoms with van der Waals surface area (Å²) in [6.45, 7) is 4.63. The van der Waals surface area contributed by atoms with Gasteiger partial charge in [-0.2, -0.15) is 0 Å². The lowest BCUT2D eigenvalue weighted by atomic mass is 9.96. The van der Waals surface area contributed by atoms with E-state index in [1.807, 2.05) is 15.9 Å². The van der Waals surface area contributed by atoms with Crippen molar-refractivity contribution in [3.63, 3.8) is 0 Å². The van der Waals surface area contributed by atoms with Crippen molar-refractivity contribution in [1.29, 1.82) is 0 Å². The second kappa shape index (κ2) is 9.01. The number of nitrogens with zero attached hydrogens (tertiary/aromatic N) is 6. The highest BCUT2D eigenvalue weighted by molar-refractivity contribution is 7.19. The first-order chi connectivity index (χ1) is 15.6. The first-order valence-electron chi connectivity index (χ1n) is 11.3. The predicted molar refractivity (Wildman–Crippen MR) is 122 cm³/mol. The number of hydrogen-bond donors (Lipinski definition) is 0. The monoisotopic (exact) mass is 458 g/mol. The molecular weight excluding hydrogens is 431 g/mol. The van der Waals surface area contributed by atoms with Gasteiger partial charge >= 0.3 is 0 Å². The minimum absolute atomic E-state index is 0.0791. The van der Waals surface area contributed by atoms with Crippen LogP contribution in [-0.4, -0.2) is 72.7 Å². The molecule has 2 aromatic rings. The Kier molecular flexibility index (Phi) is 5.95. The topological polar surface area (TPSA) is 72.9 Å². The fourth-order valence-electron chi connectivity index (χ4n) is 4.78. The van der Waals surface area contributed by atoms with E-state index in [2.05, 4.69) is 15.1 Å². The highest BCUT2D eigenvalue weighted by atomic mass is 32.1. The van der Waals surface area contributed by atoms with Crippen molar-refractivity contribution >= 4 is 39.1 Å². The standard InChI is InChI=1S/C22H27FN6O2S/c23-17-6-1-2-7-18(17)26-11-13-27(14-12-26)20(31)16-5-3-9-28(15-16)21-24-25-22(32-21)29-10-4-8-19(29)30/h1-2,6-7,16H,3-5,8-15H2/t16-/m0/s1. The fourth-order valence-corrected chi connectivity index (χ4v) is 5.71. The number of benzene rings is 1. The summed E-state index contributed by atoms with van der Waals surface area (Å²) in [5, 5.41) is 9.97. The van der Waals surface area contributed by atoms with Crippen LogP contribution in [0.2, 0.25) is 0 Å². The van der Waals surface area contributed by atoms with E-state index >= 15 is 0 Å². The number of carbonyl (C=O) groups is 2. The second-order valence-corrected chi connectivity index (χ2v) is 9.50. The largest absolute Gasteiger partial charge is 0.366 e. The van der Waals surface area contributed by atoms with Gasteiger partial charge in [-0.15, -0.1) is 10.2 Å². The molecule has 1 aromatic heterocycles. The Hall–Kier alpha value is -2.75. The number of amides is 2. The van der Waals surface area contributed by atoms with Crippen LogP contribution < -0.4 is 14.7 Å². The molecule has 1 atom stereocenters. The van der Waals surface area contributed by atoms with Crippen molar-refractivity contribution < 1.29 is 14.0 Å². The Morgan fingerprint density at radius 2 is 1.75 bits per heavy atom. The van der Waals surface area contributed by atoms with E-state index in [0.29, 0.717) is 56.5 Å². The van der Waals surface area contributed by atoms with Crippen LogP contribution in [0.25, 0.3) is 0 Å². The van der Waals surface area contributed by atoms with E-state index in [0.717, 1.165) is 30.9 Å². The van der Waals surface area contributed by atoms with Crippen molar-refractivity contribution in [3.05, 3.63) is 30.1 Å². The molecule has 0 N–H and O–H groups in total. The van der Waals surface area contributed by atoms with Crippen LogP contribution in [0.1, 0.15) is 25.7 Å². The molecule has 3 aliphatic rings. The van der Waals surface area contributed by atoms with Gasteiger partial charge in [0.2, 0.25) is 22.1 Å². The molecule has 0 radical (unpaired) electrons. The fraction of sp³-hybridized carbons (Fsp3) is 0.545. The number of rotatable bonds is 4.